The lowest BCUT2D eigenvalue weighted by atomic mass is 10.1. The van der Waals surface area contributed by atoms with Gasteiger partial charge in [-0.1, -0.05) is 12.1 Å². The number of rotatable bonds is 6. The molecular formula is C23H22F3N3O5. The van der Waals surface area contributed by atoms with Crippen LogP contribution in [0.1, 0.15) is 25.7 Å². The molecule has 8 nitrogen and oxygen atoms in total. The van der Waals surface area contributed by atoms with Crippen molar-refractivity contribution in [3.8, 4) is 16.9 Å². The molecule has 0 aliphatic heterocycles. The SMILES string of the molecule is COC(=O)N(C(=O)C1CC1)c1cc(-c2ccc(OC(F)(F)F)cc2)cc(N(C)C(=O)C2CC2)n1. The third-order valence-electron chi connectivity index (χ3n) is 5.55. The largest absolute Gasteiger partial charge is 0.573 e. The minimum atomic E-state index is -4.82. The number of carbonyl (C=O) groups excluding carboxylic acids is 3. The molecule has 0 unspecified atom stereocenters. The Labute approximate surface area is 193 Å². The molecule has 2 aliphatic carbocycles. The zero-order chi connectivity index (χ0) is 24.6. The normalized spacial score (nSPS) is 15.4. The number of imide groups is 1. The zero-order valence-electron chi connectivity index (χ0n) is 18.5. The Balaban J connectivity index is 1.76. The average molecular weight is 477 g/mol. The number of amides is 3. The molecule has 2 aliphatic rings. The standard InChI is InChI=1S/C23H22F3N3O5/c1-28(20(30)14-3-4-14)18-11-16(13-7-9-17(10-8-13)34-23(24,25)26)12-19(27-18)29(22(32)33-2)21(31)15-5-6-15/h7-12,14-15H,3-6H2,1-2H3. The molecule has 4 rings (SSSR count). The van der Waals surface area contributed by atoms with Crippen molar-refractivity contribution in [1.29, 1.82) is 0 Å². The van der Waals surface area contributed by atoms with Crippen LogP contribution >= 0.6 is 0 Å². The van der Waals surface area contributed by atoms with Crippen molar-refractivity contribution in [2.45, 2.75) is 32.0 Å². The molecule has 0 N–H and O–H groups in total. The van der Waals surface area contributed by atoms with E-state index >= 15 is 0 Å². The van der Waals surface area contributed by atoms with Gasteiger partial charge in [0.1, 0.15) is 17.4 Å². The molecule has 2 saturated carbocycles. The number of nitrogens with zero attached hydrogens (tertiary/aromatic N) is 3. The predicted molar refractivity (Wildman–Crippen MR) is 115 cm³/mol. The summed E-state index contributed by atoms with van der Waals surface area (Å²) in [6.45, 7) is 0. The van der Waals surface area contributed by atoms with E-state index in [2.05, 4.69) is 9.72 Å². The van der Waals surface area contributed by atoms with Crippen molar-refractivity contribution in [2.24, 2.45) is 11.8 Å². The molecule has 0 radical (unpaired) electrons. The van der Waals surface area contributed by atoms with Gasteiger partial charge in [0.05, 0.1) is 7.11 Å². The number of methoxy groups -OCH3 is 1. The molecule has 0 atom stereocenters. The molecule has 0 bridgehead atoms. The van der Waals surface area contributed by atoms with Crippen molar-refractivity contribution in [1.82, 2.24) is 4.98 Å². The summed E-state index contributed by atoms with van der Waals surface area (Å²) in [5, 5.41) is 0. The number of pyridine rings is 1. The van der Waals surface area contributed by atoms with Crippen LogP contribution in [0.15, 0.2) is 36.4 Å². The highest BCUT2D eigenvalue weighted by Gasteiger charge is 2.39. The molecule has 2 aromatic rings. The van der Waals surface area contributed by atoms with Gasteiger partial charge in [-0.3, -0.25) is 14.5 Å². The van der Waals surface area contributed by atoms with Crippen LogP contribution in [0.5, 0.6) is 5.75 Å². The first-order chi connectivity index (χ1) is 16.1. The topological polar surface area (TPSA) is 89.0 Å². The van der Waals surface area contributed by atoms with E-state index in [0.29, 0.717) is 24.0 Å². The smallest absolute Gasteiger partial charge is 0.452 e. The predicted octanol–water partition coefficient (Wildman–Crippen LogP) is 4.53. The number of alkyl halides is 3. The van der Waals surface area contributed by atoms with Crippen LogP contribution in [0.4, 0.5) is 29.6 Å². The first-order valence-electron chi connectivity index (χ1n) is 10.6. The first-order valence-corrected chi connectivity index (χ1v) is 10.6. The number of benzene rings is 1. The fraction of sp³-hybridized carbons (Fsp3) is 0.391. The van der Waals surface area contributed by atoms with E-state index < -0.39 is 24.1 Å². The highest BCUT2D eigenvalue weighted by atomic mass is 19.4. The molecule has 180 valence electrons. The Morgan fingerprint density at radius 1 is 0.912 bits per heavy atom. The van der Waals surface area contributed by atoms with Crippen molar-refractivity contribution in [3.63, 3.8) is 0 Å². The van der Waals surface area contributed by atoms with Gasteiger partial charge < -0.3 is 9.47 Å². The second kappa shape index (κ2) is 8.96. The van der Waals surface area contributed by atoms with E-state index in [1.54, 1.807) is 13.1 Å². The van der Waals surface area contributed by atoms with Crippen LogP contribution in [0.3, 0.4) is 0 Å². The number of aromatic nitrogens is 1. The summed E-state index contributed by atoms with van der Waals surface area (Å²) < 4.78 is 46.2. The molecule has 11 heteroatoms. The number of ether oxygens (including phenoxy) is 2. The fourth-order valence-corrected chi connectivity index (χ4v) is 3.42. The highest BCUT2D eigenvalue weighted by molar-refractivity contribution is 6.13. The van der Waals surface area contributed by atoms with Gasteiger partial charge in [-0.2, -0.15) is 4.90 Å². The van der Waals surface area contributed by atoms with Crippen molar-refractivity contribution in [2.75, 3.05) is 24.0 Å². The van der Waals surface area contributed by atoms with Crippen LogP contribution in [0, 0.1) is 11.8 Å². The monoisotopic (exact) mass is 477 g/mol. The molecule has 1 aromatic carbocycles. The highest BCUT2D eigenvalue weighted by Crippen LogP contribution is 2.37. The molecule has 1 aromatic heterocycles. The Morgan fingerprint density at radius 2 is 1.47 bits per heavy atom. The minimum Gasteiger partial charge on any atom is -0.452 e. The van der Waals surface area contributed by atoms with Gasteiger partial charge in [0, 0.05) is 18.9 Å². The second-order valence-electron chi connectivity index (χ2n) is 8.23. The molecule has 2 fully saturated rings. The maximum atomic E-state index is 12.8. The summed E-state index contributed by atoms with van der Waals surface area (Å²) >= 11 is 0. The summed E-state index contributed by atoms with van der Waals surface area (Å²) in [5.74, 6) is -1.29. The van der Waals surface area contributed by atoms with Gasteiger partial charge >= 0.3 is 12.5 Å². The lowest BCUT2D eigenvalue weighted by Crippen LogP contribution is -2.39. The van der Waals surface area contributed by atoms with Gasteiger partial charge in [-0.15, -0.1) is 13.2 Å². The van der Waals surface area contributed by atoms with Gasteiger partial charge in [0.25, 0.3) is 0 Å². The number of anilines is 2. The van der Waals surface area contributed by atoms with Crippen LogP contribution < -0.4 is 14.5 Å². The van der Waals surface area contributed by atoms with Gasteiger partial charge in [-0.25, -0.2) is 9.78 Å². The summed E-state index contributed by atoms with van der Waals surface area (Å²) in [6, 6.07) is 8.12. The van der Waals surface area contributed by atoms with E-state index in [-0.39, 0.29) is 29.4 Å². The second-order valence-corrected chi connectivity index (χ2v) is 8.23. The summed E-state index contributed by atoms with van der Waals surface area (Å²) in [6.07, 6.45) is -2.93. The van der Waals surface area contributed by atoms with E-state index in [1.165, 1.54) is 23.1 Å². The number of halogens is 3. The van der Waals surface area contributed by atoms with E-state index in [1.807, 2.05) is 0 Å². The van der Waals surface area contributed by atoms with Gasteiger partial charge in [0.2, 0.25) is 11.8 Å². The lowest BCUT2D eigenvalue weighted by Gasteiger charge is -2.23. The van der Waals surface area contributed by atoms with Gasteiger partial charge in [-0.05, 0) is 61.1 Å². The third-order valence-corrected chi connectivity index (χ3v) is 5.55. The molecule has 34 heavy (non-hydrogen) atoms. The number of hydrogen-bond donors (Lipinski definition) is 0. The van der Waals surface area contributed by atoms with E-state index in [9.17, 15) is 27.6 Å². The van der Waals surface area contributed by atoms with Gasteiger partial charge in [0.15, 0.2) is 0 Å². The van der Waals surface area contributed by atoms with Crippen LogP contribution in [0.25, 0.3) is 11.1 Å². The molecular weight excluding hydrogens is 455 g/mol. The maximum absolute atomic E-state index is 12.8. The van der Waals surface area contributed by atoms with Crippen molar-refractivity contribution < 1.29 is 37.0 Å². The first kappa shape index (κ1) is 23.5. The summed E-state index contributed by atoms with van der Waals surface area (Å²) in [5.41, 5.74) is 0.905. The molecule has 3 amide bonds. The Kier molecular flexibility index (Phi) is 6.20. The van der Waals surface area contributed by atoms with E-state index in [4.69, 9.17) is 4.74 Å². The molecule has 1 heterocycles. The Hall–Kier alpha value is -3.63. The number of hydrogen-bond acceptors (Lipinski definition) is 6. The summed E-state index contributed by atoms with van der Waals surface area (Å²) in [4.78, 5) is 44.6. The van der Waals surface area contributed by atoms with Crippen LogP contribution in [-0.4, -0.2) is 43.4 Å². The quantitative estimate of drug-likeness (QED) is 0.608. The number of carbonyl (C=O) groups is 3. The fourth-order valence-electron chi connectivity index (χ4n) is 3.42. The van der Waals surface area contributed by atoms with Crippen LogP contribution in [-0.2, 0) is 14.3 Å². The molecule has 0 spiro atoms. The summed E-state index contributed by atoms with van der Waals surface area (Å²) in [7, 11) is 2.68. The average Bonchev–Trinajstić information content (AvgIpc) is 3.70. The Bertz CT molecular complexity index is 1110. The molecule has 0 saturated heterocycles. The van der Waals surface area contributed by atoms with E-state index in [0.717, 1.165) is 37.0 Å². The maximum Gasteiger partial charge on any atom is 0.573 e. The third kappa shape index (κ3) is 5.29. The lowest BCUT2D eigenvalue weighted by molar-refractivity contribution is -0.274. The minimum absolute atomic E-state index is 0.0395. The van der Waals surface area contributed by atoms with Crippen LogP contribution in [0.2, 0.25) is 0 Å². The van der Waals surface area contributed by atoms with Crippen molar-refractivity contribution >= 4 is 29.5 Å². The zero-order valence-corrected chi connectivity index (χ0v) is 18.5. The Morgan fingerprint density at radius 3 is 2.00 bits per heavy atom. The van der Waals surface area contributed by atoms with Crippen molar-refractivity contribution in [3.05, 3.63) is 36.4 Å².